The molecule has 38 heteroatoms. The molecule has 143 heavy (non-hydrogen) atoms. The van der Waals surface area contributed by atoms with Gasteiger partial charge in [0.25, 0.3) is 5.91 Å². The van der Waals surface area contributed by atoms with Crippen molar-refractivity contribution in [2.24, 2.45) is 21.2 Å². The largest absolute Gasteiger partial charge is 0.491 e. The predicted molar refractivity (Wildman–Crippen MR) is 532 cm³/mol. The molecule has 38 nitrogen and oxygen atoms in total. The highest BCUT2D eigenvalue weighted by molar-refractivity contribution is 5.99. The van der Waals surface area contributed by atoms with Gasteiger partial charge in [0.2, 0.25) is 53.4 Å². The third-order valence-electron chi connectivity index (χ3n) is 25.3. The summed E-state index contributed by atoms with van der Waals surface area (Å²) in [5.41, 5.74) is -1.49. The number of amides is 11. The van der Waals surface area contributed by atoms with E-state index in [0.29, 0.717) is 40.2 Å². The van der Waals surface area contributed by atoms with Crippen LogP contribution in [0.25, 0.3) is 21.5 Å². The van der Waals surface area contributed by atoms with E-state index in [4.69, 9.17) is 37.9 Å². The molecule has 7 aliphatic heterocycles. The number of benzene rings is 6. The summed E-state index contributed by atoms with van der Waals surface area (Å²) in [7, 11) is 3.97. The summed E-state index contributed by atoms with van der Waals surface area (Å²) in [6.07, 6.45) is -1.14. The number of hydrogen-bond acceptors (Lipinski definition) is 26. The maximum absolute atomic E-state index is 16.4. The number of esters is 2. The van der Waals surface area contributed by atoms with Crippen LogP contribution in [0.5, 0.6) is 11.5 Å². The molecule has 0 spiro atoms. The van der Waals surface area contributed by atoms with E-state index in [-0.39, 0.29) is 109 Å². The summed E-state index contributed by atoms with van der Waals surface area (Å²) < 4.78 is 48.9. The SMILES string of the molecule is CCCCOC(=O)C[C@H]1C[C@@H](CCNC(=O)[C@@H]2Cc3ccc(cc3)OCc3cn(nn3)[C@@H]3CCN(C(=O)[C@@H](NC(=O)[C@H](C)N(C)C(=O)OC(C)(C)C)C(C)(C)C)[C@@H]3C(=O)N[C@@H](Cc3ccc4ccccc4c3)C(=O)N[C@H](C(=O)OC)Cc3ccc(cc3)OCC3CN(N=N3)[C@H](N(CCC)C(=O)[C@@H](NC(=O)[C@H](C)N(C)C(=O)OC(C)(C)C)C(C)(C)C)C(=O)N[C@@H](Cc3ccc4ccccc4c3)C(=O)N2)OC(C)(C)O1. The molecule has 6 aromatic carbocycles. The molecule has 1 unspecified atom stereocenters. The van der Waals surface area contributed by atoms with Gasteiger partial charge in [0.1, 0.15) is 102 Å². The molecule has 14 rings (SSSR count). The van der Waals surface area contributed by atoms with Gasteiger partial charge in [0.15, 0.2) is 5.79 Å². The van der Waals surface area contributed by atoms with Gasteiger partial charge in [-0.05, 0) is 174 Å². The van der Waals surface area contributed by atoms with Gasteiger partial charge < -0.3 is 84.9 Å². The van der Waals surface area contributed by atoms with Crippen molar-refractivity contribution in [3.8, 4) is 11.5 Å². The summed E-state index contributed by atoms with van der Waals surface area (Å²) in [5.74, 6) is -8.62. The van der Waals surface area contributed by atoms with E-state index in [2.05, 4.69) is 57.9 Å². The highest BCUT2D eigenvalue weighted by atomic mass is 16.7. The Morgan fingerprint density at radius 1 is 0.608 bits per heavy atom. The number of ether oxygens (including phenoxy) is 8. The van der Waals surface area contributed by atoms with Crippen LogP contribution in [0.1, 0.15) is 204 Å². The Labute approximate surface area is 836 Å². The first-order valence-corrected chi connectivity index (χ1v) is 49.1. The topological polar surface area (TPSA) is 452 Å². The van der Waals surface area contributed by atoms with Crippen LogP contribution in [-0.4, -0.2) is 273 Å². The fourth-order valence-corrected chi connectivity index (χ4v) is 17.4. The van der Waals surface area contributed by atoms with E-state index >= 15 is 33.6 Å². The van der Waals surface area contributed by atoms with Crippen LogP contribution in [0.4, 0.5) is 9.59 Å². The van der Waals surface area contributed by atoms with Gasteiger partial charge in [0, 0.05) is 65.8 Å². The van der Waals surface area contributed by atoms with Crippen molar-refractivity contribution in [3.63, 3.8) is 0 Å². The Balaban J connectivity index is 0.983. The molecule has 0 radical (unpaired) electrons. The first kappa shape index (κ1) is 110. The normalized spacial score (nSPS) is 21.4. The van der Waals surface area contributed by atoms with Crippen molar-refractivity contribution in [2.45, 2.75) is 304 Å². The molecule has 7 aliphatic rings. The van der Waals surface area contributed by atoms with Crippen LogP contribution in [0.15, 0.2) is 150 Å². The molecule has 1 aromatic heterocycles. The van der Waals surface area contributed by atoms with E-state index in [1.807, 2.05) is 91.9 Å². The number of unbranched alkanes of at least 4 members (excludes halogenated alkanes) is 1. The van der Waals surface area contributed by atoms with E-state index in [1.54, 1.807) is 159 Å². The molecular weight excluding hydrogens is 1840 g/mol. The number of carbonyl (C=O) groups is 13. The number of carbonyl (C=O) groups excluding carboxylic acids is 13. The predicted octanol–water partition coefficient (Wildman–Crippen LogP) is 10.4. The van der Waals surface area contributed by atoms with Gasteiger partial charge in [-0.15, -0.1) is 5.10 Å². The number of nitrogens with zero attached hydrogens (tertiary/aromatic N) is 10. The number of likely N-dealkylation sites (N-methyl/N-ethyl adjacent to an activating group) is 2. The molecule has 7 N–H and O–H groups in total. The van der Waals surface area contributed by atoms with E-state index < -0.39 is 190 Å². The summed E-state index contributed by atoms with van der Waals surface area (Å²) in [6.45, 7) is 30.3. The number of aromatic nitrogens is 3. The van der Waals surface area contributed by atoms with Crippen molar-refractivity contribution in [1.29, 1.82) is 0 Å². The Bertz CT molecular complexity index is 5690. The summed E-state index contributed by atoms with van der Waals surface area (Å²) in [6, 6.07) is 25.4. The number of nitrogens with one attached hydrogen (secondary N) is 7. The van der Waals surface area contributed by atoms with E-state index in [1.165, 1.54) is 54.5 Å². The van der Waals surface area contributed by atoms with Gasteiger partial charge in [-0.25, -0.2) is 24.1 Å². The van der Waals surface area contributed by atoms with E-state index in [0.717, 1.165) is 37.8 Å². The smallest absolute Gasteiger partial charge is 0.410 e. The minimum atomic E-state index is -1.74. The van der Waals surface area contributed by atoms with Crippen molar-refractivity contribution < 1.29 is 100 Å². The lowest BCUT2D eigenvalue weighted by Crippen LogP contribution is -2.65. The molecule has 0 aliphatic carbocycles. The van der Waals surface area contributed by atoms with E-state index in [9.17, 15) is 28.8 Å². The van der Waals surface area contributed by atoms with Crippen LogP contribution >= 0.6 is 0 Å². The fourth-order valence-electron chi connectivity index (χ4n) is 17.4. The van der Waals surface area contributed by atoms with Gasteiger partial charge in [0.05, 0.1) is 51.1 Å². The Morgan fingerprint density at radius 3 is 1.66 bits per heavy atom. The van der Waals surface area contributed by atoms with Gasteiger partial charge in [-0.3, -0.25) is 57.7 Å². The number of rotatable bonds is 25. The molecule has 14 atom stereocenters. The molecule has 11 amide bonds. The lowest BCUT2D eigenvalue weighted by molar-refractivity contribution is -0.300. The summed E-state index contributed by atoms with van der Waals surface area (Å²) in [5, 5.41) is 43.8. The van der Waals surface area contributed by atoms with Crippen molar-refractivity contribution >= 4 is 98.8 Å². The molecule has 0 saturated carbocycles. The molecule has 8 heterocycles. The van der Waals surface area contributed by atoms with Crippen LogP contribution in [0.2, 0.25) is 0 Å². The third kappa shape index (κ3) is 30.6. The minimum Gasteiger partial charge on any atom is -0.491 e. The average Bonchev–Trinajstić information content (AvgIpc) is 1.63. The standard InChI is InChI=1S/C105H143N17O21/c1-22-24-50-137-84(123)58-78-57-77(140-105(17,18)141-78)45-47-106-90(126)79-53-65-35-41-75(42-36-65)138-61-73-59-121(115-113-73)83-46-49-119(96(131)86(101(5,6)7)111-88(124)63(3)117(19)99(134)142-103(11,12)13)85(83)93(129)108-80(55-67-33-39-69-29-25-27-31-71(69)51-67)92(128)110-82(98(133)136-21)54-66-37-43-76(44-38-66)139-62-74-60-122(116-114-74)95(94(130)109-81(91(127)107-79)56-68-34-40-70-30-26-28-32-72(70)52-68)120(48-23-2)97(132)87(102(8,9)10)112-89(125)64(4)118(20)100(135)143-104(14,15)16/h25-44,51-52,59,63-64,74,77-83,85-87,95H,22-24,45-50,53-58,60-62H2,1-21H3,(H,106,126)(H,107,127)(H,108,129)(H,109,130)(H,110,128)(H,111,124)(H,112,125)/t63-,64-,74?,77+,78+,79-,80-,81-,82-,83+,85-,86+,87+,95-/m0/s1. The first-order valence-electron chi connectivity index (χ1n) is 49.1. The first-order chi connectivity index (χ1) is 67.4. The summed E-state index contributed by atoms with van der Waals surface area (Å²) >= 11 is 0. The zero-order valence-electron chi connectivity index (χ0n) is 86.1. The minimum absolute atomic E-state index is 0.0138. The molecule has 8 bridgehead atoms. The highest BCUT2D eigenvalue weighted by Gasteiger charge is 2.51. The zero-order chi connectivity index (χ0) is 104. The Hall–Kier alpha value is -13.4. The second-order valence-corrected chi connectivity index (χ2v) is 41.9. The second-order valence-electron chi connectivity index (χ2n) is 41.9. The number of hydrogen-bond donors (Lipinski definition) is 7. The third-order valence-corrected chi connectivity index (χ3v) is 25.3. The van der Waals surface area contributed by atoms with Gasteiger partial charge >= 0.3 is 24.1 Å². The molecule has 2 fully saturated rings. The maximum Gasteiger partial charge on any atom is 0.410 e. The van der Waals surface area contributed by atoms with Crippen LogP contribution in [0.3, 0.4) is 0 Å². The summed E-state index contributed by atoms with van der Waals surface area (Å²) in [4.78, 5) is 199. The van der Waals surface area contributed by atoms with Crippen LogP contribution < -0.4 is 46.7 Å². The quantitative estimate of drug-likeness (QED) is 0.0159. The maximum atomic E-state index is 16.4. The molecular formula is C105H143N17O21. The highest BCUT2D eigenvalue weighted by Crippen LogP contribution is 2.36. The second kappa shape index (κ2) is 48.1. The number of fused-ring (bicyclic) bond motifs is 2. The molecule has 774 valence electrons. The van der Waals surface area contributed by atoms with Crippen LogP contribution in [-0.2, 0) is 113 Å². The van der Waals surface area contributed by atoms with Gasteiger partial charge in [-0.2, -0.15) is 5.11 Å². The average molecular weight is 1980 g/mol. The van der Waals surface area contributed by atoms with Crippen LogP contribution in [0, 0.1) is 10.8 Å². The lowest BCUT2D eigenvalue weighted by atomic mass is 9.85. The van der Waals surface area contributed by atoms with Crippen molar-refractivity contribution in [3.05, 3.63) is 168 Å². The zero-order valence-corrected chi connectivity index (χ0v) is 86.1. The molecule has 2 saturated heterocycles. The van der Waals surface area contributed by atoms with Gasteiger partial charge in [-0.1, -0.05) is 181 Å². The Kier molecular flexibility index (Phi) is 37.0. The fraction of sp³-hybridized carbons (Fsp3) is 0.552. The lowest BCUT2D eigenvalue weighted by Gasteiger charge is -2.41. The monoisotopic (exact) mass is 1980 g/mol. The van der Waals surface area contributed by atoms with Crippen molar-refractivity contribution in [1.82, 2.24) is 76.8 Å². The molecule has 7 aromatic rings. The Morgan fingerprint density at radius 2 is 1.13 bits per heavy atom. The number of methoxy groups -OCH3 is 1. The van der Waals surface area contributed by atoms with Crippen molar-refractivity contribution in [2.75, 3.05) is 60.6 Å². The number of likely N-dealkylation sites (tertiary alicyclic amines) is 1.